The lowest BCUT2D eigenvalue weighted by atomic mass is 9.92. The van der Waals surface area contributed by atoms with Crippen molar-refractivity contribution in [3.63, 3.8) is 0 Å². The van der Waals surface area contributed by atoms with Gasteiger partial charge in [-0.05, 0) is 45.8 Å². The van der Waals surface area contributed by atoms with Crippen molar-refractivity contribution in [2.45, 2.75) is 44.8 Å². The average molecular weight is 237 g/mol. The van der Waals surface area contributed by atoms with Crippen molar-refractivity contribution < 1.29 is 5.11 Å². The zero-order valence-corrected chi connectivity index (χ0v) is 11.1. The molecule has 4 nitrogen and oxygen atoms in total. The highest BCUT2D eigenvalue weighted by atomic mass is 16.3. The minimum absolute atomic E-state index is 0.159. The molecule has 0 radical (unpaired) electrons. The molecular formula is C13H23N3O. The molecule has 1 aromatic heterocycles. The van der Waals surface area contributed by atoms with Gasteiger partial charge in [-0.15, -0.1) is 0 Å². The normalized spacial score (nSPS) is 19.8. The SMILES string of the molecule is Cn1ccc(CC(O)C(C)(C)N2CCCC2)n1. The number of aryl methyl sites for hydroxylation is 1. The van der Waals surface area contributed by atoms with E-state index in [1.54, 1.807) is 4.68 Å². The van der Waals surface area contributed by atoms with Gasteiger partial charge in [-0.3, -0.25) is 9.58 Å². The summed E-state index contributed by atoms with van der Waals surface area (Å²) in [5.41, 5.74) is 0.806. The Balaban J connectivity index is 2.00. The number of aliphatic hydroxyl groups is 1. The van der Waals surface area contributed by atoms with E-state index in [4.69, 9.17) is 0 Å². The molecule has 4 heteroatoms. The summed E-state index contributed by atoms with van der Waals surface area (Å²) >= 11 is 0. The van der Waals surface area contributed by atoms with Gasteiger partial charge >= 0.3 is 0 Å². The van der Waals surface area contributed by atoms with Crippen molar-refractivity contribution in [3.05, 3.63) is 18.0 Å². The van der Waals surface area contributed by atoms with Crippen LogP contribution in [0.25, 0.3) is 0 Å². The van der Waals surface area contributed by atoms with Crippen LogP contribution in [0.3, 0.4) is 0 Å². The first kappa shape index (κ1) is 12.6. The Morgan fingerprint density at radius 1 is 1.41 bits per heavy atom. The third-order valence-corrected chi connectivity index (χ3v) is 3.91. The van der Waals surface area contributed by atoms with Crippen LogP contribution in [0.1, 0.15) is 32.4 Å². The fraction of sp³-hybridized carbons (Fsp3) is 0.769. The molecule has 17 heavy (non-hydrogen) atoms. The lowest BCUT2D eigenvalue weighted by molar-refractivity contribution is 0.00279. The Labute approximate surface area is 103 Å². The van der Waals surface area contributed by atoms with Crippen molar-refractivity contribution in [3.8, 4) is 0 Å². The zero-order valence-electron chi connectivity index (χ0n) is 11.1. The minimum atomic E-state index is -0.365. The van der Waals surface area contributed by atoms with Gasteiger partial charge < -0.3 is 5.11 Å². The molecule has 0 spiro atoms. The number of aromatic nitrogens is 2. The van der Waals surface area contributed by atoms with Crippen LogP contribution in [-0.2, 0) is 13.5 Å². The van der Waals surface area contributed by atoms with Gasteiger partial charge in [0.15, 0.2) is 0 Å². The van der Waals surface area contributed by atoms with Crippen molar-refractivity contribution in [1.29, 1.82) is 0 Å². The summed E-state index contributed by atoms with van der Waals surface area (Å²) in [6, 6.07) is 1.98. The maximum atomic E-state index is 10.4. The van der Waals surface area contributed by atoms with Gasteiger partial charge in [0.2, 0.25) is 0 Å². The van der Waals surface area contributed by atoms with E-state index in [1.165, 1.54) is 12.8 Å². The summed E-state index contributed by atoms with van der Waals surface area (Å²) in [5, 5.41) is 14.7. The Kier molecular flexibility index (Phi) is 3.54. The van der Waals surface area contributed by atoms with Gasteiger partial charge in [-0.1, -0.05) is 0 Å². The molecule has 0 aromatic carbocycles. The van der Waals surface area contributed by atoms with Crippen molar-refractivity contribution in [2.75, 3.05) is 13.1 Å². The molecule has 2 heterocycles. The van der Waals surface area contributed by atoms with Crippen molar-refractivity contribution in [1.82, 2.24) is 14.7 Å². The molecule has 0 aliphatic carbocycles. The average Bonchev–Trinajstić information content (AvgIpc) is 2.89. The van der Waals surface area contributed by atoms with Gasteiger partial charge in [0.25, 0.3) is 0 Å². The van der Waals surface area contributed by atoms with Gasteiger partial charge in [-0.2, -0.15) is 5.10 Å². The molecule has 1 aromatic rings. The summed E-state index contributed by atoms with van der Waals surface area (Å²) < 4.78 is 1.78. The number of aliphatic hydroxyl groups excluding tert-OH is 1. The Morgan fingerprint density at radius 3 is 2.59 bits per heavy atom. The highest BCUT2D eigenvalue weighted by Crippen LogP contribution is 2.25. The fourth-order valence-corrected chi connectivity index (χ4v) is 2.52. The maximum Gasteiger partial charge on any atom is 0.0774 e. The second-order valence-electron chi connectivity index (χ2n) is 5.55. The summed E-state index contributed by atoms with van der Waals surface area (Å²) in [5.74, 6) is 0. The molecule has 1 N–H and O–H groups in total. The van der Waals surface area contributed by atoms with E-state index in [0.717, 1.165) is 18.8 Å². The van der Waals surface area contributed by atoms with Crippen LogP contribution in [0.4, 0.5) is 0 Å². The standard InChI is InChI=1S/C13H23N3O/c1-13(2,16-7-4-5-8-16)12(17)10-11-6-9-15(3)14-11/h6,9,12,17H,4-5,7-8,10H2,1-3H3. The van der Waals surface area contributed by atoms with E-state index in [0.29, 0.717) is 6.42 Å². The van der Waals surface area contributed by atoms with Crippen molar-refractivity contribution in [2.24, 2.45) is 7.05 Å². The Hall–Kier alpha value is -0.870. The largest absolute Gasteiger partial charge is 0.391 e. The number of hydrogen-bond acceptors (Lipinski definition) is 3. The number of rotatable bonds is 4. The first-order valence-corrected chi connectivity index (χ1v) is 6.42. The summed E-state index contributed by atoms with van der Waals surface area (Å²) in [7, 11) is 1.90. The van der Waals surface area contributed by atoms with Gasteiger partial charge in [0.05, 0.1) is 11.8 Å². The smallest absolute Gasteiger partial charge is 0.0774 e. The number of likely N-dealkylation sites (tertiary alicyclic amines) is 1. The van der Waals surface area contributed by atoms with Crippen LogP contribution in [0.5, 0.6) is 0 Å². The third kappa shape index (κ3) is 2.69. The molecule has 1 fully saturated rings. The van der Waals surface area contributed by atoms with Gasteiger partial charge in [0.1, 0.15) is 0 Å². The zero-order chi connectivity index (χ0) is 12.5. The van der Waals surface area contributed by atoms with Gasteiger partial charge in [-0.25, -0.2) is 0 Å². The molecule has 1 atom stereocenters. The molecule has 0 saturated carbocycles. The number of nitrogens with zero attached hydrogens (tertiary/aromatic N) is 3. The van der Waals surface area contributed by atoms with Crippen LogP contribution in [0.15, 0.2) is 12.3 Å². The molecule has 2 rings (SSSR count). The molecular weight excluding hydrogens is 214 g/mol. The summed E-state index contributed by atoms with van der Waals surface area (Å²) in [4.78, 5) is 2.39. The van der Waals surface area contributed by atoms with Crippen LogP contribution < -0.4 is 0 Å². The predicted molar refractivity (Wildman–Crippen MR) is 67.8 cm³/mol. The predicted octanol–water partition coefficient (Wildman–Crippen LogP) is 1.20. The molecule has 0 bridgehead atoms. The van der Waals surface area contributed by atoms with Crippen LogP contribution in [0.2, 0.25) is 0 Å². The first-order chi connectivity index (χ1) is 8.00. The van der Waals surface area contributed by atoms with Crippen LogP contribution >= 0.6 is 0 Å². The van der Waals surface area contributed by atoms with E-state index in [9.17, 15) is 5.11 Å². The fourth-order valence-electron chi connectivity index (χ4n) is 2.52. The van der Waals surface area contributed by atoms with Crippen LogP contribution in [0, 0.1) is 0 Å². The topological polar surface area (TPSA) is 41.3 Å². The van der Waals surface area contributed by atoms with E-state index < -0.39 is 0 Å². The molecule has 1 aliphatic heterocycles. The van der Waals surface area contributed by atoms with Crippen molar-refractivity contribution >= 4 is 0 Å². The quantitative estimate of drug-likeness (QED) is 0.855. The maximum absolute atomic E-state index is 10.4. The Morgan fingerprint density at radius 2 is 2.06 bits per heavy atom. The second-order valence-corrected chi connectivity index (χ2v) is 5.55. The second kappa shape index (κ2) is 4.78. The van der Waals surface area contributed by atoms with Crippen LogP contribution in [-0.4, -0.2) is 44.5 Å². The lowest BCUT2D eigenvalue weighted by Gasteiger charge is -2.39. The molecule has 96 valence electrons. The van der Waals surface area contributed by atoms with E-state index >= 15 is 0 Å². The molecule has 0 amide bonds. The first-order valence-electron chi connectivity index (χ1n) is 6.42. The minimum Gasteiger partial charge on any atom is -0.391 e. The monoisotopic (exact) mass is 237 g/mol. The summed E-state index contributed by atoms with van der Waals surface area (Å²) in [6.07, 6.45) is 4.69. The number of hydrogen-bond donors (Lipinski definition) is 1. The van der Waals surface area contributed by atoms with E-state index in [-0.39, 0.29) is 11.6 Å². The lowest BCUT2D eigenvalue weighted by Crippen LogP contribution is -2.52. The Bertz CT molecular complexity index is 366. The van der Waals surface area contributed by atoms with E-state index in [1.807, 2.05) is 19.3 Å². The summed E-state index contributed by atoms with van der Waals surface area (Å²) in [6.45, 7) is 6.47. The third-order valence-electron chi connectivity index (χ3n) is 3.91. The molecule has 1 aliphatic rings. The van der Waals surface area contributed by atoms with E-state index in [2.05, 4.69) is 23.8 Å². The highest BCUT2D eigenvalue weighted by Gasteiger charge is 2.35. The molecule has 1 unspecified atom stereocenters. The highest BCUT2D eigenvalue weighted by molar-refractivity contribution is 5.04. The molecule has 1 saturated heterocycles. The van der Waals surface area contributed by atoms with Gasteiger partial charge in [0, 0.05) is 25.2 Å².